The zero-order valence-corrected chi connectivity index (χ0v) is 14.7. The van der Waals surface area contributed by atoms with Crippen LogP contribution in [0.3, 0.4) is 0 Å². The minimum absolute atomic E-state index is 0.124. The lowest BCUT2D eigenvalue weighted by Crippen LogP contribution is -2.45. The Bertz CT molecular complexity index is 365. The van der Waals surface area contributed by atoms with Crippen LogP contribution in [0.5, 0.6) is 0 Å². The number of nitrogens with zero attached hydrogens (tertiary/aromatic N) is 1. The molecule has 2 N–H and O–H groups in total. The van der Waals surface area contributed by atoms with E-state index in [0.717, 1.165) is 57.5 Å². The minimum Gasteiger partial charge on any atom is -0.317 e. The molecule has 5 nitrogen and oxygen atoms in total. The third-order valence-electron chi connectivity index (χ3n) is 4.40. The maximum atomic E-state index is 12.3. The quantitative estimate of drug-likeness (QED) is 0.606. The van der Waals surface area contributed by atoms with E-state index in [1.54, 1.807) is 7.05 Å². The summed E-state index contributed by atoms with van der Waals surface area (Å²) < 4.78 is 28.8. The van der Waals surface area contributed by atoms with Gasteiger partial charge in [0, 0.05) is 19.6 Å². The lowest BCUT2D eigenvalue weighted by molar-refractivity contribution is 0.302. The molecule has 1 saturated carbocycles. The fourth-order valence-electron chi connectivity index (χ4n) is 2.84. The van der Waals surface area contributed by atoms with E-state index in [1.165, 1.54) is 10.7 Å². The van der Waals surface area contributed by atoms with Crippen LogP contribution in [0, 0.1) is 5.92 Å². The summed E-state index contributed by atoms with van der Waals surface area (Å²) in [4.78, 5) is 0. The first-order chi connectivity index (χ1) is 9.99. The molecule has 0 aromatic rings. The second kappa shape index (κ2) is 9.77. The molecule has 21 heavy (non-hydrogen) atoms. The van der Waals surface area contributed by atoms with Crippen LogP contribution in [0.15, 0.2) is 0 Å². The molecule has 1 rings (SSSR count). The summed E-state index contributed by atoms with van der Waals surface area (Å²) in [5.41, 5.74) is 0. The van der Waals surface area contributed by atoms with E-state index >= 15 is 0 Å². The molecule has 0 aliphatic heterocycles. The SMILES string of the molecule is CCCNCCCN(C)S(=O)(=O)NC1CCC(CC)CC1. The van der Waals surface area contributed by atoms with Gasteiger partial charge < -0.3 is 5.32 Å². The van der Waals surface area contributed by atoms with Crippen molar-refractivity contribution in [3.05, 3.63) is 0 Å². The summed E-state index contributed by atoms with van der Waals surface area (Å²) in [6, 6.07) is 0.124. The minimum atomic E-state index is -3.32. The van der Waals surface area contributed by atoms with Crippen LogP contribution in [0.4, 0.5) is 0 Å². The maximum absolute atomic E-state index is 12.3. The molecule has 0 aromatic carbocycles. The van der Waals surface area contributed by atoms with E-state index in [0.29, 0.717) is 6.54 Å². The van der Waals surface area contributed by atoms with E-state index in [9.17, 15) is 8.42 Å². The van der Waals surface area contributed by atoms with Crippen LogP contribution >= 0.6 is 0 Å². The van der Waals surface area contributed by atoms with Gasteiger partial charge in [0.05, 0.1) is 0 Å². The van der Waals surface area contributed by atoms with Crippen LogP contribution in [0.25, 0.3) is 0 Å². The molecule has 0 saturated heterocycles. The van der Waals surface area contributed by atoms with Crippen molar-refractivity contribution < 1.29 is 8.42 Å². The van der Waals surface area contributed by atoms with Crippen LogP contribution in [-0.2, 0) is 10.2 Å². The third kappa shape index (κ3) is 7.08. The zero-order valence-electron chi connectivity index (χ0n) is 13.9. The molecular formula is C15H33N3O2S. The van der Waals surface area contributed by atoms with Gasteiger partial charge in [-0.1, -0.05) is 20.3 Å². The Labute approximate surface area is 131 Å². The molecule has 0 atom stereocenters. The van der Waals surface area contributed by atoms with Gasteiger partial charge in [-0.2, -0.15) is 17.4 Å². The number of hydrogen-bond donors (Lipinski definition) is 2. The lowest BCUT2D eigenvalue weighted by Gasteiger charge is -2.29. The molecule has 1 aliphatic rings. The van der Waals surface area contributed by atoms with Gasteiger partial charge in [0.2, 0.25) is 0 Å². The Morgan fingerprint density at radius 1 is 1.10 bits per heavy atom. The van der Waals surface area contributed by atoms with Gasteiger partial charge in [-0.15, -0.1) is 0 Å². The van der Waals surface area contributed by atoms with Crippen LogP contribution in [0.2, 0.25) is 0 Å². The molecule has 0 amide bonds. The molecule has 0 aromatic heterocycles. The first-order valence-corrected chi connectivity index (χ1v) is 9.87. The number of hydrogen-bond acceptors (Lipinski definition) is 3. The Morgan fingerprint density at radius 3 is 2.33 bits per heavy atom. The monoisotopic (exact) mass is 319 g/mol. The predicted molar refractivity (Wildman–Crippen MR) is 88.5 cm³/mol. The van der Waals surface area contributed by atoms with Crippen molar-refractivity contribution in [3.8, 4) is 0 Å². The summed E-state index contributed by atoms with van der Waals surface area (Å²) >= 11 is 0. The second-order valence-electron chi connectivity index (χ2n) is 6.17. The fourth-order valence-corrected chi connectivity index (χ4v) is 4.04. The predicted octanol–water partition coefficient (Wildman–Crippen LogP) is 2.11. The standard InChI is InChI=1S/C15H33N3O2S/c1-4-11-16-12-6-13-18(3)21(19,20)17-15-9-7-14(5-2)8-10-15/h14-17H,4-13H2,1-3H3. The summed E-state index contributed by atoms with van der Waals surface area (Å²) in [5, 5.41) is 3.29. The van der Waals surface area contributed by atoms with Gasteiger partial charge in [0.25, 0.3) is 10.2 Å². The Balaban J connectivity index is 2.28. The molecule has 0 bridgehead atoms. The molecule has 0 unspecified atom stereocenters. The fraction of sp³-hybridized carbons (Fsp3) is 1.00. The molecule has 126 valence electrons. The van der Waals surface area contributed by atoms with E-state index in [2.05, 4.69) is 23.9 Å². The van der Waals surface area contributed by atoms with Gasteiger partial charge in [0.1, 0.15) is 0 Å². The third-order valence-corrected chi connectivity index (χ3v) is 6.04. The van der Waals surface area contributed by atoms with Gasteiger partial charge in [-0.3, -0.25) is 0 Å². The van der Waals surface area contributed by atoms with Crippen molar-refractivity contribution in [1.82, 2.24) is 14.3 Å². The summed E-state index contributed by atoms with van der Waals surface area (Å²) in [7, 11) is -1.65. The molecule has 1 fully saturated rings. The highest BCUT2D eigenvalue weighted by atomic mass is 32.2. The van der Waals surface area contributed by atoms with Crippen LogP contribution in [-0.4, -0.2) is 45.4 Å². The topological polar surface area (TPSA) is 61.4 Å². The van der Waals surface area contributed by atoms with E-state index in [1.807, 2.05) is 0 Å². The first-order valence-electron chi connectivity index (χ1n) is 8.43. The van der Waals surface area contributed by atoms with Gasteiger partial charge in [0.15, 0.2) is 0 Å². The number of nitrogens with one attached hydrogen (secondary N) is 2. The lowest BCUT2D eigenvalue weighted by atomic mass is 9.85. The maximum Gasteiger partial charge on any atom is 0.279 e. The molecular weight excluding hydrogens is 286 g/mol. The summed E-state index contributed by atoms with van der Waals surface area (Å²) in [6.07, 6.45) is 7.41. The van der Waals surface area contributed by atoms with Crippen molar-refractivity contribution in [2.75, 3.05) is 26.7 Å². The molecule has 0 heterocycles. The Morgan fingerprint density at radius 2 is 1.76 bits per heavy atom. The number of rotatable bonds is 10. The average Bonchev–Trinajstić information content (AvgIpc) is 2.47. The van der Waals surface area contributed by atoms with Gasteiger partial charge >= 0.3 is 0 Å². The van der Waals surface area contributed by atoms with E-state index in [4.69, 9.17) is 0 Å². The summed E-state index contributed by atoms with van der Waals surface area (Å²) in [6.45, 7) is 6.78. The Hall–Kier alpha value is -0.170. The van der Waals surface area contributed by atoms with Crippen molar-refractivity contribution in [1.29, 1.82) is 0 Å². The van der Waals surface area contributed by atoms with Gasteiger partial charge in [-0.25, -0.2) is 0 Å². The zero-order chi connectivity index (χ0) is 15.7. The van der Waals surface area contributed by atoms with Crippen molar-refractivity contribution >= 4 is 10.2 Å². The van der Waals surface area contributed by atoms with Crippen molar-refractivity contribution in [3.63, 3.8) is 0 Å². The highest BCUT2D eigenvalue weighted by molar-refractivity contribution is 7.87. The van der Waals surface area contributed by atoms with Crippen molar-refractivity contribution in [2.45, 2.75) is 64.8 Å². The average molecular weight is 320 g/mol. The second-order valence-corrected chi connectivity index (χ2v) is 7.98. The van der Waals surface area contributed by atoms with E-state index in [-0.39, 0.29) is 6.04 Å². The highest BCUT2D eigenvalue weighted by Crippen LogP contribution is 2.26. The highest BCUT2D eigenvalue weighted by Gasteiger charge is 2.26. The normalized spacial score (nSPS) is 23.6. The van der Waals surface area contributed by atoms with Crippen LogP contribution in [0.1, 0.15) is 58.8 Å². The molecule has 6 heteroatoms. The molecule has 1 aliphatic carbocycles. The van der Waals surface area contributed by atoms with E-state index < -0.39 is 10.2 Å². The molecule has 0 spiro atoms. The van der Waals surface area contributed by atoms with Crippen LogP contribution < -0.4 is 10.0 Å². The largest absolute Gasteiger partial charge is 0.317 e. The summed E-state index contributed by atoms with van der Waals surface area (Å²) in [5.74, 6) is 0.785. The van der Waals surface area contributed by atoms with Crippen molar-refractivity contribution in [2.24, 2.45) is 5.92 Å². The Kier molecular flexibility index (Phi) is 8.78. The smallest absolute Gasteiger partial charge is 0.279 e. The first kappa shape index (κ1) is 18.9. The molecule has 0 radical (unpaired) electrons. The van der Waals surface area contributed by atoms with Gasteiger partial charge in [-0.05, 0) is 57.5 Å².